The van der Waals surface area contributed by atoms with Gasteiger partial charge in [-0.15, -0.1) is 5.11 Å². The van der Waals surface area contributed by atoms with E-state index < -0.39 is 16.4 Å². The van der Waals surface area contributed by atoms with Crippen LogP contribution in [0.2, 0.25) is 0 Å². The normalized spacial score (nSPS) is 10.8. The van der Waals surface area contributed by atoms with Crippen molar-refractivity contribution in [3.63, 3.8) is 0 Å². The van der Waals surface area contributed by atoms with Gasteiger partial charge in [0.05, 0.1) is 10.6 Å². The van der Waals surface area contributed by atoms with Crippen LogP contribution in [0.1, 0.15) is 0 Å². The van der Waals surface area contributed by atoms with Gasteiger partial charge in [-0.1, -0.05) is 0 Å². The monoisotopic (exact) mass is 275 g/mol. The molecule has 0 spiro atoms. The van der Waals surface area contributed by atoms with Crippen molar-refractivity contribution in [1.29, 1.82) is 0 Å². The number of hydrogen-bond acceptors (Lipinski definition) is 7. The zero-order valence-electron chi connectivity index (χ0n) is 9.96. The number of phenols is 3. The molecule has 0 heterocycles. The van der Waals surface area contributed by atoms with E-state index in [4.69, 9.17) is 5.11 Å². The number of aromatic hydroxyl groups is 3. The average molecular weight is 275 g/mol. The Morgan fingerprint density at radius 1 is 0.950 bits per heavy atom. The highest BCUT2D eigenvalue weighted by atomic mass is 16.6. The summed E-state index contributed by atoms with van der Waals surface area (Å²) in [6.45, 7) is 0. The minimum absolute atomic E-state index is 0.0840. The minimum Gasteiger partial charge on any atom is -0.508 e. The maximum atomic E-state index is 10.5. The molecule has 0 unspecified atom stereocenters. The summed E-state index contributed by atoms with van der Waals surface area (Å²) in [4.78, 5) is 9.93. The third-order valence-corrected chi connectivity index (χ3v) is 2.38. The number of non-ortho nitro benzene ring substituents is 1. The van der Waals surface area contributed by atoms with E-state index in [1.807, 2.05) is 0 Å². The van der Waals surface area contributed by atoms with E-state index in [-0.39, 0.29) is 17.1 Å². The van der Waals surface area contributed by atoms with Crippen molar-refractivity contribution in [2.24, 2.45) is 10.2 Å². The maximum Gasteiger partial charge on any atom is 0.269 e. The Labute approximate surface area is 112 Å². The molecule has 0 bridgehead atoms. The molecule has 2 rings (SSSR count). The molecule has 0 radical (unpaired) electrons. The highest BCUT2D eigenvalue weighted by Crippen LogP contribution is 2.40. The van der Waals surface area contributed by atoms with Crippen molar-refractivity contribution in [3.8, 4) is 17.2 Å². The summed E-state index contributed by atoms with van der Waals surface area (Å²) in [6.07, 6.45) is 0. The molecule has 3 N–H and O–H groups in total. The summed E-state index contributed by atoms with van der Waals surface area (Å²) in [7, 11) is 0. The molecule has 8 heteroatoms. The maximum absolute atomic E-state index is 10.5. The Morgan fingerprint density at radius 3 is 2.00 bits per heavy atom. The Balaban J connectivity index is 2.27. The van der Waals surface area contributed by atoms with Gasteiger partial charge >= 0.3 is 0 Å². The number of azo groups is 1. The van der Waals surface area contributed by atoms with E-state index in [1.54, 1.807) is 0 Å². The molecule has 0 aliphatic carbocycles. The summed E-state index contributed by atoms with van der Waals surface area (Å²) in [6, 6.07) is 7.26. The van der Waals surface area contributed by atoms with Crippen LogP contribution < -0.4 is 0 Å². The van der Waals surface area contributed by atoms with Crippen molar-refractivity contribution in [3.05, 3.63) is 46.5 Å². The fourth-order valence-corrected chi connectivity index (χ4v) is 1.44. The van der Waals surface area contributed by atoms with Crippen LogP contribution >= 0.6 is 0 Å². The van der Waals surface area contributed by atoms with Gasteiger partial charge in [0.1, 0.15) is 5.75 Å². The molecule has 0 aromatic heterocycles. The Morgan fingerprint density at radius 2 is 1.50 bits per heavy atom. The first kappa shape index (κ1) is 13.3. The van der Waals surface area contributed by atoms with E-state index in [0.717, 1.165) is 12.1 Å². The summed E-state index contributed by atoms with van der Waals surface area (Å²) in [5, 5.41) is 46.0. The number of benzene rings is 2. The SMILES string of the molecule is O=[N+]([O-])c1ccc(N=Nc2c(O)cc(O)cc2O)cc1. The summed E-state index contributed by atoms with van der Waals surface area (Å²) in [5.41, 5.74) is 0.0166. The number of nitro groups is 1. The number of nitrogens with zero attached hydrogens (tertiary/aromatic N) is 3. The second kappa shape index (κ2) is 5.22. The Bertz CT molecular complexity index is 659. The largest absolute Gasteiger partial charge is 0.508 e. The Kier molecular flexibility index (Phi) is 3.47. The van der Waals surface area contributed by atoms with Crippen LogP contribution in [-0.2, 0) is 0 Å². The second-order valence-electron chi connectivity index (χ2n) is 3.81. The predicted octanol–water partition coefficient (Wildman–Crippen LogP) is 3.13. The molecular formula is C12H9N3O5. The van der Waals surface area contributed by atoms with Gasteiger partial charge in [-0.25, -0.2) is 0 Å². The van der Waals surface area contributed by atoms with Gasteiger partial charge in [-0.2, -0.15) is 5.11 Å². The molecule has 2 aromatic carbocycles. The molecule has 20 heavy (non-hydrogen) atoms. The van der Waals surface area contributed by atoms with Gasteiger partial charge in [0.2, 0.25) is 0 Å². The van der Waals surface area contributed by atoms with Crippen molar-refractivity contribution >= 4 is 17.1 Å². The zero-order valence-corrected chi connectivity index (χ0v) is 9.96. The topological polar surface area (TPSA) is 129 Å². The van der Waals surface area contributed by atoms with Gasteiger partial charge in [0, 0.05) is 24.3 Å². The molecule has 0 atom stereocenters. The van der Waals surface area contributed by atoms with Crippen LogP contribution in [0.25, 0.3) is 0 Å². The molecule has 2 aromatic rings. The summed E-state index contributed by atoms with van der Waals surface area (Å²) < 4.78 is 0. The highest BCUT2D eigenvalue weighted by Gasteiger charge is 2.09. The summed E-state index contributed by atoms with van der Waals surface area (Å²) >= 11 is 0. The minimum atomic E-state index is -0.543. The van der Waals surface area contributed by atoms with Gasteiger partial charge in [0.25, 0.3) is 5.69 Å². The molecule has 0 aliphatic rings. The third-order valence-electron chi connectivity index (χ3n) is 2.38. The van der Waals surface area contributed by atoms with Crippen LogP contribution in [0.3, 0.4) is 0 Å². The first-order chi connectivity index (χ1) is 9.47. The van der Waals surface area contributed by atoms with Crippen LogP contribution in [0.4, 0.5) is 17.1 Å². The highest BCUT2D eigenvalue weighted by molar-refractivity contribution is 5.63. The number of nitro benzene ring substituents is 1. The molecule has 0 aliphatic heterocycles. The number of rotatable bonds is 3. The van der Waals surface area contributed by atoms with Crippen LogP contribution in [0.5, 0.6) is 17.2 Å². The number of hydrogen-bond donors (Lipinski definition) is 3. The first-order valence-electron chi connectivity index (χ1n) is 5.38. The molecule has 102 valence electrons. The average Bonchev–Trinajstić information content (AvgIpc) is 2.38. The van der Waals surface area contributed by atoms with E-state index >= 15 is 0 Å². The summed E-state index contributed by atoms with van der Waals surface area (Å²) in [5.74, 6) is -1.18. The van der Waals surface area contributed by atoms with Gasteiger partial charge in [-0.3, -0.25) is 10.1 Å². The lowest BCUT2D eigenvalue weighted by molar-refractivity contribution is -0.384. The van der Waals surface area contributed by atoms with Gasteiger partial charge in [-0.05, 0) is 12.1 Å². The van der Waals surface area contributed by atoms with Crippen LogP contribution in [0.15, 0.2) is 46.6 Å². The standard InChI is InChI=1S/C12H9N3O5/c16-9-5-10(17)12(11(18)6-9)14-13-7-1-3-8(4-2-7)15(19)20/h1-6,16-18H. The van der Waals surface area contributed by atoms with E-state index in [1.165, 1.54) is 24.3 Å². The van der Waals surface area contributed by atoms with Crippen molar-refractivity contribution in [2.75, 3.05) is 0 Å². The lowest BCUT2D eigenvalue weighted by Crippen LogP contribution is -1.85. The van der Waals surface area contributed by atoms with Crippen LogP contribution in [-0.4, -0.2) is 20.2 Å². The van der Waals surface area contributed by atoms with Crippen molar-refractivity contribution < 1.29 is 20.2 Å². The molecule has 0 saturated heterocycles. The molecule has 0 saturated carbocycles. The quantitative estimate of drug-likeness (QED) is 0.450. The third kappa shape index (κ3) is 2.80. The predicted molar refractivity (Wildman–Crippen MR) is 68.7 cm³/mol. The van der Waals surface area contributed by atoms with E-state index in [9.17, 15) is 20.3 Å². The van der Waals surface area contributed by atoms with E-state index in [0.29, 0.717) is 5.69 Å². The van der Waals surface area contributed by atoms with E-state index in [2.05, 4.69) is 10.2 Å². The van der Waals surface area contributed by atoms with Crippen molar-refractivity contribution in [2.45, 2.75) is 0 Å². The first-order valence-corrected chi connectivity index (χ1v) is 5.38. The van der Waals surface area contributed by atoms with Crippen LogP contribution in [0, 0.1) is 10.1 Å². The lowest BCUT2D eigenvalue weighted by atomic mass is 10.2. The number of phenolic OH excluding ortho intramolecular Hbond substituents is 3. The molecule has 0 amide bonds. The molecule has 8 nitrogen and oxygen atoms in total. The lowest BCUT2D eigenvalue weighted by Gasteiger charge is -2.01. The fraction of sp³-hybridized carbons (Fsp3) is 0. The Hall–Kier alpha value is -3.16. The smallest absolute Gasteiger partial charge is 0.269 e. The molecule has 0 fully saturated rings. The molecular weight excluding hydrogens is 266 g/mol. The second-order valence-corrected chi connectivity index (χ2v) is 3.81. The van der Waals surface area contributed by atoms with Crippen molar-refractivity contribution in [1.82, 2.24) is 0 Å². The fourth-order valence-electron chi connectivity index (χ4n) is 1.44. The van der Waals surface area contributed by atoms with Gasteiger partial charge in [0.15, 0.2) is 17.2 Å². The zero-order chi connectivity index (χ0) is 14.7. The van der Waals surface area contributed by atoms with Gasteiger partial charge < -0.3 is 15.3 Å².